The zero-order valence-electron chi connectivity index (χ0n) is 17.1. The molecule has 1 fully saturated rings. The minimum Gasteiger partial charge on any atom is -0.487 e. The van der Waals surface area contributed by atoms with E-state index < -0.39 is 30.7 Å². The van der Waals surface area contributed by atoms with E-state index in [1.807, 2.05) is 12.2 Å². The standard InChI is InChI=1S/C23H30F2O5/c1-29-22(28)12-8-3-2-7-11-18-19(21(27)15-20(18)26)13-14-23(24,25)16-30-17-9-5-4-6-10-17/h2,4-7,9-10,13-14,18-21,26-27H,3,8,11-12,15-16H2,1H3. The Balaban J connectivity index is 1.87. The number of carbonyl (C=O) groups is 1. The van der Waals surface area contributed by atoms with E-state index in [1.54, 1.807) is 30.3 Å². The highest BCUT2D eigenvalue weighted by Gasteiger charge is 2.40. The number of alkyl halides is 2. The number of hydrogen-bond donors (Lipinski definition) is 2. The summed E-state index contributed by atoms with van der Waals surface area (Å²) in [5.41, 5.74) is 0. The summed E-state index contributed by atoms with van der Waals surface area (Å²) < 4.78 is 38.1. The van der Waals surface area contributed by atoms with Crippen LogP contribution in [0.3, 0.4) is 0 Å². The minimum absolute atomic E-state index is 0.155. The second-order valence-electron chi connectivity index (χ2n) is 7.51. The molecule has 1 aliphatic carbocycles. The van der Waals surface area contributed by atoms with Gasteiger partial charge >= 0.3 is 5.97 Å². The van der Waals surface area contributed by atoms with Gasteiger partial charge in [0.15, 0.2) is 6.61 Å². The molecule has 2 N–H and O–H groups in total. The van der Waals surface area contributed by atoms with Crippen molar-refractivity contribution >= 4 is 5.97 Å². The van der Waals surface area contributed by atoms with E-state index in [9.17, 15) is 23.8 Å². The molecule has 0 radical (unpaired) electrons. The monoisotopic (exact) mass is 424 g/mol. The van der Waals surface area contributed by atoms with Crippen molar-refractivity contribution in [1.29, 1.82) is 0 Å². The van der Waals surface area contributed by atoms with Gasteiger partial charge in [-0.1, -0.05) is 36.4 Å². The van der Waals surface area contributed by atoms with Gasteiger partial charge in [0, 0.05) is 18.8 Å². The summed E-state index contributed by atoms with van der Waals surface area (Å²) in [6, 6.07) is 8.38. The number of hydrogen-bond acceptors (Lipinski definition) is 5. The van der Waals surface area contributed by atoms with Gasteiger partial charge in [-0.25, -0.2) is 0 Å². The first kappa shape index (κ1) is 24.0. The van der Waals surface area contributed by atoms with Crippen molar-refractivity contribution in [2.24, 2.45) is 11.8 Å². The number of halogens is 2. The molecule has 1 aromatic carbocycles. The highest BCUT2D eigenvalue weighted by molar-refractivity contribution is 5.69. The van der Waals surface area contributed by atoms with Gasteiger partial charge in [-0.3, -0.25) is 4.79 Å². The van der Waals surface area contributed by atoms with Crippen LogP contribution in [0.4, 0.5) is 8.78 Å². The van der Waals surface area contributed by atoms with Gasteiger partial charge < -0.3 is 19.7 Å². The summed E-state index contributed by atoms with van der Waals surface area (Å²) >= 11 is 0. The smallest absolute Gasteiger partial charge is 0.305 e. The van der Waals surface area contributed by atoms with Crippen molar-refractivity contribution in [3.8, 4) is 5.75 Å². The molecule has 166 valence electrons. The lowest BCUT2D eigenvalue weighted by Crippen LogP contribution is -2.25. The first-order valence-electron chi connectivity index (χ1n) is 10.2. The van der Waals surface area contributed by atoms with Crippen LogP contribution in [0.2, 0.25) is 0 Å². The number of ether oxygens (including phenoxy) is 2. The number of para-hydroxylation sites is 1. The molecule has 0 aromatic heterocycles. The molecule has 0 saturated heterocycles. The van der Waals surface area contributed by atoms with Crippen LogP contribution in [0, 0.1) is 11.8 Å². The Kier molecular flexibility index (Phi) is 9.46. The molecule has 30 heavy (non-hydrogen) atoms. The van der Waals surface area contributed by atoms with E-state index >= 15 is 0 Å². The second kappa shape index (κ2) is 11.8. The first-order valence-corrected chi connectivity index (χ1v) is 10.2. The molecule has 0 heterocycles. The van der Waals surface area contributed by atoms with E-state index in [2.05, 4.69) is 4.74 Å². The van der Waals surface area contributed by atoms with E-state index in [4.69, 9.17) is 4.74 Å². The Bertz CT molecular complexity index is 705. The number of aliphatic hydroxyl groups excluding tert-OH is 2. The second-order valence-corrected chi connectivity index (χ2v) is 7.51. The van der Waals surface area contributed by atoms with Crippen LogP contribution in [-0.2, 0) is 9.53 Å². The molecule has 1 saturated carbocycles. The van der Waals surface area contributed by atoms with E-state index in [0.717, 1.165) is 6.08 Å². The fourth-order valence-electron chi connectivity index (χ4n) is 3.54. The van der Waals surface area contributed by atoms with Gasteiger partial charge in [0.25, 0.3) is 5.92 Å². The number of allylic oxidation sites excluding steroid dienone is 2. The van der Waals surface area contributed by atoms with Crippen molar-refractivity contribution in [2.75, 3.05) is 13.7 Å². The average Bonchev–Trinajstić information content (AvgIpc) is 3.00. The maximum absolute atomic E-state index is 14.2. The topological polar surface area (TPSA) is 76.0 Å². The van der Waals surface area contributed by atoms with Gasteiger partial charge in [0.2, 0.25) is 0 Å². The summed E-state index contributed by atoms with van der Waals surface area (Å²) in [5, 5.41) is 20.4. The molecule has 2 rings (SSSR count). The predicted molar refractivity (Wildman–Crippen MR) is 109 cm³/mol. The van der Waals surface area contributed by atoms with Crippen LogP contribution in [-0.4, -0.2) is 48.0 Å². The molecule has 0 aliphatic heterocycles. The Morgan fingerprint density at radius 2 is 1.93 bits per heavy atom. The molecule has 0 bridgehead atoms. The molecule has 0 amide bonds. The first-order chi connectivity index (χ1) is 14.3. The third kappa shape index (κ3) is 7.88. The Morgan fingerprint density at radius 1 is 1.20 bits per heavy atom. The van der Waals surface area contributed by atoms with Crippen LogP contribution in [0.25, 0.3) is 0 Å². The SMILES string of the molecule is COC(=O)CCCC=CCC1C(O)CC(O)C1C=CC(F)(F)COc1ccccc1. The number of methoxy groups -OCH3 is 1. The number of benzene rings is 1. The van der Waals surface area contributed by atoms with Gasteiger partial charge in [-0.05, 0) is 43.4 Å². The van der Waals surface area contributed by atoms with Crippen molar-refractivity contribution in [3.63, 3.8) is 0 Å². The summed E-state index contributed by atoms with van der Waals surface area (Å²) in [6.45, 7) is -0.802. The highest BCUT2D eigenvalue weighted by atomic mass is 19.3. The maximum atomic E-state index is 14.2. The lowest BCUT2D eigenvalue weighted by molar-refractivity contribution is -0.140. The molecular formula is C23H30F2O5. The number of aliphatic hydroxyl groups is 2. The largest absolute Gasteiger partial charge is 0.487 e. The highest BCUT2D eigenvalue weighted by Crippen LogP contribution is 2.37. The van der Waals surface area contributed by atoms with Gasteiger partial charge in [-0.2, -0.15) is 8.78 Å². The Morgan fingerprint density at radius 3 is 2.63 bits per heavy atom. The fraction of sp³-hybridized carbons (Fsp3) is 0.522. The van der Waals surface area contributed by atoms with Gasteiger partial charge in [0.05, 0.1) is 19.3 Å². The summed E-state index contributed by atoms with van der Waals surface area (Å²) in [7, 11) is 1.34. The maximum Gasteiger partial charge on any atom is 0.305 e. The minimum atomic E-state index is -3.20. The van der Waals surface area contributed by atoms with Crippen LogP contribution in [0.5, 0.6) is 5.75 Å². The third-order valence-corrected chi connectivity index (χ3v) is 5.21. The summed E-state index contributed by atoms with van der Waals surface area (Å²) in [5.74, 6) is -4.02. The number of rotatable bonds is 11. The molecule has 7 heteroatoms. The Labute approximate surface area is 176 Å². The fourth-order valence-corrected chi connectivity index (χ4v) is 3.54. The summed E-state index contributed by atoms with van der Waals surface area (Å²) in [4.78, 5) is 11.1. The van der Waals surface area contributed by atoms with Crippen LogP contribution in [0.15, 0.2) is 54.6 Å². The number of carbonyl (C=O) groups excluding carboxylic acids is 1. The predicted octanol–water partition coefficient (Wildman–Crippen LogP) is 3.90. The third-order valence-electron chi connectivity index (χ3n) is 5.21. The van der Waals surface area contributed by atoms with Crippen molar-refractivity contribution in [3.05, 3.63) is 54.6 Å². The molecule has 1 aliphatic rings. The summed E-state index contributed by atoms with van der Waals surface area (Å²) in [6.07, 6.45) is 6.44. The van der Waals surface area contributed by atoms with Gasteiger partial charge in [-0.15, -0.1) is 0 Å². The molecule has 5 nitrogen and oxygen atoms in total. The lowest BCUT2D eigenvalue weighted by Gasteiger charge is -2.20. The number of unbranched alkanes of at least 4 members (excludes halogenated alkanes) is 1. The van der Waals surface area contributed by atoms with Crippen LogP contribution >= 0.6 is 0 Å². The quantitative estimate of drug-likeness (QED) is 0.320. The van der Waals surface area contributed by atoms with E-state index in [1.165, 1.54) is 13.2 Å². The van der Waals surface area contributed by atoms with E-state index in [0.29, 0.717) is 31.4 Å². The van der Waals surface area contributed by atoms with Crippen molar-refractivity contribution in [1.82, 2.24) is 0 Å². The zero-order chi connectivity index (χ0) is 22.0. The zero-order valence-corrected chi connectivity index (χ0v) is 17.1. The lowest BCUT2D eigenvalue weighted by atomic mass is 9.89. The molecule has 1 aromatic rings. The van der Waals surface area contributed by atoms with E-state index in [-0.39, 0.29) is 18.3 Å². The van der Waals surface area contributed by atoms with Crippen LogP contribution < -0.4 is 4.74 Å². The Hall–Kier alpha value is -2.25. The molecule has 0 spiro atoms. The number of esters is 1. The normalized spacial score (nSPS) is 24.6. The van der Waals surface area contributed by atoms with Crippen molar-refractivity contribution in [2.45, 2.75) is 50.2 Å². The average molecular weight is 424 g/mol. The molecule has 4 unspecified atom stereocenters. The van der Waals surface area contributed by atoms with Crippen LogP contribution in [0.1, 0.15) is 32.1 Å². The molecular weight excluding hydrogens is 394 g/mol. The molecule has 4 atom stereocenters. The van der Waals surface area contributed by atoms with Crippen molar-refractivity contribution < 1.29 is 33.3 Å². The van der Waals surface area contributed by atoms with Gasteiger partial charge in [0.1, 0.15) is 5.75 Å².